The Morgan fingerprint density at radius 2 is 1.48 bits per heavy atom. The van der Waals surface area contributed by atoms with Crippen LogP contribution in [0.25, 0.3) is 0 Å². The van der Waals surface area contributed by atoms with Gasteiger partial charge in [-0.25, -0.2) is 0 Å². The molecular weight excluding hydrogens is 310 g/mol. The highest BCUT2D eigenvalue weighted by Gasteiger charge is 2.15. The minimum Gasteiger partial charge on any atom is -0.489 e. The molecular formula is C22H23NO2. The van der Waals surface area contributed by atoms with Crippen LogP contribution in [0.4, 0.5) is 5.69 Å². The maximum atomic E-state index is 10.8. The smallest absolute Gasteiger partial charge is 0.125 e. The number of ether oxygens (including phenoxy) is 1. The number of anilines is 1. The van der Waals surface area contributed by atoms with Crippen molar-refractivity contribution in [2.45, 2.75) is 12.7 Å². The molecule has 1 atom stereocenters. The molecule has 3 aromatic carbocycles. The molecule has 0 radical (unpaired) electrons. The van der Waals surface area contributed by atoms with E-state index in [0.29, 0.717) is 12.4 Å². The average Bonchev–Trinajstić information content (AvgIpc) is 2.67. The van der Waals surface area contributed by atoms with Crippen molar-refractivity contribution < 1.29 is 9.84 Å². The van der Waals surface area contributed by atoms with E-state index in [0.717, 1.165) is 22.4 Å². The van der Waals surface area contributed by atoms with Crippen LogP contribution in [0.1, 0.15) is 22.8 Å². The van der Waals surface area contributed by atoms with Crippen molar-refractivity contribution in [1.29, 1.82) is 0 Å². The minimum absolute atomic E-state index is 0.476. The van der Waals surface area contributed by atoms with Crippen molar-refractivity contribution in [3.05, 3.63) is 95.6 Å². The van der Waals surface area contributed by atoms with Gasteiger partial charge in [-0.2, -0.15) is 0 Å². The molecule has 3 aromatic rings. The van der Waals surface area contributed by atoms with Crippen LogP contribution in [0.2, 0.25) is 0 Å². The maximum Gasteiger partial charge on any atom is 0.125 e. The predicted molar refractivity (Wildman–Crippen MR) is 102 cm³/mol. The van der Waals surface area contributed by atoms with Crippen LogP contribution in [0.3, 0.4) is 0 Å². The zero-order valence-corrected chi connectivity index (χ0v) is 14.6. The summed E-state index contributed by atoms with van der Waals surface area (Å²) in [5.74, 6) is 0.704. The van der Waals surface area contributed by atoms with Crippen molar-refractivity contribution in [3.8, 4) is 5.75 Å². The fourth-order valence-corrected chi connectivity index (χ4v) is 2.71. The van der Waals surface area contributed by atoms with Gasteiger partial charge in [-0.05, 0) is 29.3 Å². The van der Waals surface area contributed by atoms with Crippen LogP contribution >= 0.6 is 0 Å². The van der Waals surface area contributed by atoms with Crippen molar-refractivity contribution >= 4 is 5.69 Å². The number of para-hydroxylation sites is 1. The lowest BCUT2D eigenvalue weighted by Crippen LogP contribution is -2.09. The van der Waals surface area contributed by atoms with Crippen LogP contribution in [0.5, 0.6) is 5.75 Å². The summed E-state index contributed by atoms with van der Waals surface area (Å²) in [6.45, 7) is 0.476. The molecule has 0 saturated carbocycles. The van der Waals surface area contributed by atoms with E-state index in [1.54, 1.807) is 0 Å². The minimum atomic E-state index is -0.719. The molecule has 0 saturated heterocycles. The van der Waals surface area contributed by atoms with E-state index in [9.17, 15) is 5.11 Å². The van der Waals surface area contributed by atoms with Gasteiger partial charge in [0.2, 0.25) is 0 Å². The van der Waals surface area contributed by atoms with E-state index in [1.807, 2.05) is 97.9 Å². The van der Waals surface area contributed by atoms with Gasteiger partial charge >= 0.3 is 0 Å². The van der Waals surface area contributed by atoms with Crippen LogP contribution in [0.15, 0.2) is 78.9 Å². The summed E-state index contributed by atoms with van der Waals surface area (Å²) in [4.78, 5) is 2.03. The lowest BCUT2D eigenvalue weighted by atomic mass is 10.0. The second kappa shape index (κ2) is 7.86. The lowest BCUT2D eigenvalue weighted by molar-refractivity contribution is 0.209. The molecule has 0 amide bonds. The zero-order chi connectivity index (χ0) is 17.6. The van der Waals surface area contributed by atoms with E-state index in [-0.39, 0.29) is 0 Å². The fraction of sp³-hybridized carbons (Fsp3) is 0.182. The molecule has 3 rings (SSSR count). The Morgan fingerprint density at radius 3 is 2.16 bits per heavy atom. The molecule has 0 fully saturated rings. The Morgan fingerprint density at radius 1 is 0.840 bits per heavy atom. The summed E-state index contributed by atoms with van der Waals surface area (Å²) in [6.07, 6.45) is -0.719. The Balaban J connectivity index is 1.79. The van der Waals surface area contributed by atoms with E-state index >= 15 is 0 Å². The molecule has 0 aliphatic rings. The van der Waals surface area contributed by atoms with Gasteiger partial charge in [-0.3, -0.25) is 0 Å². The van der Waals surface area contributed by atoms with Gasteiger partial charge in [0.25, 0.3) is 0 Å². The summed E-state index contributed by atoms with van der Waals surface area (Å²) in [5.41, 5.74) is 3.82. The van der Waals surface area contributed by atoms with Crippen molar-refractivity contribution in [3.63, 3.8) is 0 Å². The van der Waals surface area contributed by atoms with E-state index in [4.69, 9.17) is 4.74 Å². The highest BCUT2D eigenvalue weighted by atomic mass is 16.5. The third-order valence-corrected chi connectivity index (χ3v) is 4.18. The van der Waals surface area contributed by atoms with Crippen molar-refractivity contribution in [2.24, 2.45) is 0 Å². The monoisotopic (exact) mass is 333 g/mol. The summed E-state index contributed by atoms with van der Waals surface area (Å²) < 4.78 is 5.96. The Kier molecular flexibility index (Phi) is 5.36. The molecule has 1 N–H and O–H groups in total. The molecule has 25 heavy (non-hydrogen) atoms. The van der Waals surface area contributed by atoms with Crippen LogP contribution in [-0.4, -0.2) is 19.2 Å². The number of benzene rings is 3. The fourth-order valence-electron chi connectivity index (χ4n) is 2.71. The second-order valence-corrected chi connectivity index (χ2v) is 6.20. The summed E-state index contributed by atoms with van der Waals surface area (Å²) >= 11 is 0. The third kappa shape index (κ3) is 4.20. The molecule has 0 bridgehead atoms. The first-order valence-electron chi connectivity index (χ1n) is 8.36. The number of rotatable bonds is 6. The standard InChI is InChI=1S/C22H23NO2/c1-23(2)19-14-12-18(13-15-19)22(24)20-10-6-7-11-21(20)25-16-17-8-4-3-5-9-17/h3-15,22,24H,16H2,1-2H3. The topological polar surface area (TPSA) is 32.7 Å². The molecule has 128 valence electrons. The number of hydrogen-bond donors (Lipinski definition) is 1. The van der Waals surface area contributed by atoms with Gasteiger partial charge in [0, 0.05) is 25.3 Å². The highest BCUT2D eigenvalue weighted by Crippen LogP contribution is 2.31. The molecule has 1 unspecified atom stereocenters. The number of aliphatic hydroxyl groups is 1. The average molecular weight is 333 g/mol. The van der Waals surface area contributed by atoms with Gasteiger partial charge in [0.05, 0.1) is 0 Å². The molecule has 0 aliphatic carbocycles. The van der Waals surface area contributed by atoms with E-state index in [2.05, 4.69) is 0 Å². The van der Waals surface area contributed by atoms with Crippen LogP contribution in [0, 0.1) is 0 Å². The number of nitrogens with zero attached hydrogens (tertiary/aromatic N) is 1. The lowest BCUT2D eigenvalue weighted by Gasteiger charge is -2.18. The molecule has 3 nitrogen and oxygen atoms in total. The van der Waals surface area contributed by atoms with Gasteiger partial charge < -0.3 is 14.7 Å². The third-order valence-electron chi connectivity index (χ3n) is 4.18. The first kappa shape index (κ1) is 17.1. The number of hydrogen-bond acceptors (Lipinski definition) is 3. The Hall–Kier alpha value is -2.78. The van der Waals surface area contributed by atoms with Gasteiger partial charge in [-0.15, -0.1) is 0 Å². The first-order chi connectivity index (χ1) is 12.1. The first-order valence-corrected chi connectivity index (χ1v) is 8.36. The summed E-state index contributed by atoms with van der Waals surface area (Å²) in [5, 5.41) is 10.8. The summed E-state index contributed by atoms with van der Waals surface area (Å²) in [6, 6.07) is 25.6. The number of aliphatic hydroxyl groups excluding tert-OH is 1. The zero-order valence-electron chi connectivity index (χ0n) is 14.6. The quantitative estimate of drug-likeness (QED) is 0.725. The summed E-state index contributed by atoms with van der Waals surface area (Å²) in [7, 11) is 4.00. The van der Waals surface area contributed by atoms with Crippen LogP contribution < -0.4 is 9.64 Å². The van der Waals surface area contributed by atoms with E-state index in [1.165, 1.54) is 0 Å². The SMILES string of the molecule is CN(C)c1ccc(C(O)c2ccccc2OCc2ccccc2)cc1. The molecule has 0 aromatic heterocycles. The Labute approximate surface area is 149 Å². The van der Waals surface area contributed by atoms with Gasteiger partial charge in [0.15, 0.2) is 0 Å². The highest BCUT2D eigenvalue weighted by molar-refractivity contribution is 5.48. The molecule has 0 heterocycles. The maximum absolute atomic E-state index is 10.8. The van der Waals surface area contributed by atoms with Crippen molar-refractivity contribution in [1.82, 2.24) is 0 Å². The van der Waals surface area contributed by atoms with Crippen molar-refractivity contribution in [2.75, 3.05) is 19.0 Å². The normalized spacial score (nSPS) is 11.8. The molecule has 3 heteroatoms. The van der Waals surface area contributed by atoms with Gasteiger partial charge in [-0.1, -0.05) is 60.7 Å². The van der Waals surface area contributed by atoms with Gasteiger partial charge in [0.1, 0.15) is 18.5 Å². The molecule has 0 spiro atoms. The second-order valence-electron chi connectivity index (χ2n) is 6.20. The Bertz CT molecular complexity index is 798. The predicted octanol–water partition coefficient (Wildman–Crippen LogP) is 4.41. The largest absolute Gasteiger partial charge is 0.489 e. The van der Waals surface area contributed by atoms with E-state index < -0.39 is 6.10 Å². The molecule has 0 aliphatic heterocycles. The van der Waals surface area contributed by atoms with Crippen LogP contribution in [-0.2, 0) is 6.61 Å².